The second kappa shape index (κ2) is 25.7. The lowest BCUT2D eigenvalue weighted by Gasteiger charge is -2.01. The van der Waals surface area contributed by atoms with E-state index in [4.69, 9.17) is 0 Å². The van der Waals surface area contributed by atoms with Crippen molar-refractivity contribution in [1.82, 2.24) is 0 Å². The van der Waals surface area contributed by atoms with Gasteiger partial charge < -0.3 is 4.74 Å². The van der Waals surface area contributed by atoms with Crippen LogP contribution in [0.1, 0.15) is 122 Å². The van der Waals surface area contributed by atoms with Gasteiger partial charge in [0.1, 0.15) is 0 Å². The van der Waals surface area contributed by atoms with Crippen LogP contribution in [0.4, 0.5) is 0 Å². The summed E-state index contributed by atoms with van der Waals surface area (Å²) in [6.45, 7) is 2.19. The number of hydrogen-bond donors (Lipinski definition) is 0. The van der Waals surface area contributed by atoms with E-state index in [1.54, 1.807) is 0 Å². The minimum Gasteiger partial charge on any atom is -0.469 e. The molecule has 0 amide bonds. The molecule has 0 saturated carbocycles. The molecule has 2 nitrogen and oxygen atoms in total. The highest BCUT2D eigenvalue weighted by molar-refractivity contribution is 5.68. The second-order valence-electron chi connectivity index (χ2n) is 7.67. The number of methoxy groups -OCH3 is 1. The highest BCUT2D eigenvalue weighted by Crippen LogP contribution is 2.11. The van der Waals surface area contributed by atoms with Crippen molar-refractivity contribution >= 4 is 5.97 Å². The van der Waals surface area contributed by atoms with Crippen LogP contribution in [0.3, 0.4) is 0 Å². The van der Waals surface area contributed by atoms with Gasteiger partial charge in [-0.1, -0.05) is 70.1 Å². The molecule has 0 radical (unpaired) electrons. The molecule has 0 aliphatic heterocycles. The summed E-state index contributed by atoms with van der Waals surface area (Å²) in [7, 11) is 1.45. The fourth-order valence-electron chi connectivity index (χ4n) is 2.90. The molecule has 0 bridgehead atoms. The first-order chi connectivity index (χ1) is 15.3. The second-order valence-corrected chi connectivity index (χ2v) is 7.67. The zero-order valence-electron chi connectivity index (χ0n) is 20.0. The van der Waals surface area contributed by atoms with Crippen molar-refractivity contribution in [1.29, 1.82) is 0 Å². The molecule has 0 aromatic heterocycles. The number of carbonyl (C=O) groups is 1. The predicted octanol–water partition coefficient (Wildman–Crippen LogP) is 7.21. The first-order valence-electron chi connectivity index (χ1n) is 12.2. The predicted molar refractivity (Wildman–Crippen MR) is 132 cm³/mol. The Labute approximate surface area is 192 Å². The van der Waals surface area contributed by atoms with Crippen LogP contribution in [0.25, 0.3) is 0 Å². The highest BCUT2D eigenvalue weighted by Gasteiger charge is 1.99. The van der Waals surface area contributed by atoms with E-state index in [9.17, 15) is 4.79 Å². The quantitative estimate of drug-likeness (QED) is 0.158. The van der Waals surface area contributed by atoms with Gasteiger partial charge in [0.25, 0.3) is 0 Å². The van der Waals surface area contributed by atoms with E-state index >= 15 is 0 Å². The number of ether oxygens (including phenoxy) is 1. The number of esters is 1. The van der Waals surface area contributed by atoms with Gasteiger partial charge in [0.2, 0.25) is 0 Å². The van der Waals surface area contributed by atoms with E-state index in [2.05, 4.69) is 59.0 Å². The molecule has 31 heavy (non-hydrogen) atoms. The molecule has 0 aromatic carbocycles. The van der Waals surface area contributed by atoms with E-state index in [0.29, 0.717) is 6.42 Å². The SMILES string of the molecule is CCCCC#CCCC#CCCC#CC#CCCCCCCCCCCCC(=O)OC. The van der Waals surface area contributed by atoms with Crippen LogP contribution in [0.15, 0.2) is 0 Å². The molecule has 0 atom stereocenters. The Hall–Kier alpha value is -2.29. The van der Waals surface area contributed by atoms with Gasteiger partial charge in [-0.05, 0) is 31.1 Å². The highest BCUT2D eigenvalue weighted by atomic mass is 16.5. The molecule has 2 heteroatoms. The zero-order chi connectivity index (χ0) is 22.7. The van der Waals surface area contributed by atoms with E-state index in [1.807, 2.05) is 0 Å². The van der Waals surface area contributed by atoms with E-state index < -0.39 is 0 Å². The lowest BCUT2D eigenvalue weighted by molar-refractivity contribution is -0.140. The van der Waals surface area contributed by atoms with Gasteiger partial charge in [-0.15, -0.1) is 23.7 Å². The molecule has 0 rings (SSSR count). The van der Waals surface area contributed by atoms with Gasteiger partial charge in [0.05, 0.1) is 7.11 Å². The van der Waals surface area contributed by atoms with Gasteiger partial charge >= 0.3 is 5.97 Å². The zero-order valence-corrected chi connectivity index (χ0v) is 20.0. The van der Waals surface area contributed by atoms with Crippen LogP contribution in [0.2, 0.25) is 0 Å². The van der Waals surface area contributed by atoms with Crippen LogP contribution in [0.5, 0.6) is 0 Å². The molecule has 0 heterocycles. The Kier molecular flexibility index (Phi) is 23.8. The van der Waals surface area contributed by atoms with Crippen LogP contribution < -0.4 is 0 Å². The lowest BCUT2D eigenvalue weighted by Crippen LogP contribution is -1.99. The Morgan fingerprint density at radius 2 is 0.968 bits per heavy atom. The Morgan fingerprint density at radius 1 is 0.548 bits per heavy atom. The standard InChI is InChI=1S/C29H42O2/c1-3-4-5-6-7-8-9-10-11-12-13-14-15-16-17-18-19-20-21-22-23-24-25-26-27-28-29(30)31-2/h3-5,8-9,12-13,18-28H2,1-2H3. The molecule has 170 valence electrons. The van der Waals surface area contributed by atoms with Gasteiger partial charge in [0.15, 0.2) is 0 Å². The van der Waals surface area contributed by atoms with Gasteiger partial charge in [0, 0.05) is 44.9 Å². The molecule has 0 unspecified atom stereocenters. The lowest BCUT2D eigenvalue weighted by atomic mass is 10.1. The molecule has 0 aliphatic carbocycles. The molecule has 0 N–H and O–H groups in total. The molecule has 0 aromatic rings. The van der Waals surface area contributed by atoms with Crippen molar-refractivity contribution in [2.45, 2.75) is 122 Å². The number of carbonyl (C=O) groups excluding carboxylic acids is 1. The monoisotopic (exact) mass is 422 g/mol. The summed E-state index contributed by atoms with van der Waals surface area (Å²) in [5.74, 6) is 24.7. The fourth-order valence-corrected chi connectivity index (χ4v) is 2.90. The van der Waals surface area contributed by atoms with E-state index in [-0.39, 0.29) is 5.97 Å². The minimum absolute atomic E-state index is 0.0893. The number of rotatable bonds is 15. The molecule has 0 spiro atoms. The number of hydrogen-bond acceptors (Lipinski definition) is 2. The van der Waals surface area contributed by atoms with Crippen LogP contribution in [-0.4, -0.2) is 13.1 Å². The maximum Gasteiger partial charge on any atom is 0.305 e. The van der Waals surface area contributed by atoms with Crippen LogP contribution in [0, 0.1) is 47.4 Å². The summed E-state index contributed by atoms with van der Waals surface area (Å²) < 4.78 is 4.64. The van der Waals surface area contributed by atoms with Crippen molar-refractivity contribution in [3.05, 3.63) is 0 Å². The maximum atomic E-state index is 11.0. The van der Waals surface area contributed by atoms with E-state index in [0.717, 1.165) is 51.4 Å². The molecular weight excluding hydrogens is 380 g/mol. The third kappa shape index (κ3) is 25.7. The Balaban J connectivity index is 3.40. The van der Waals surface area contributed by atoms with Gasteiger partial charge in [-0.25, -0.2) is 0 Å². The van der Waals surface area contributed by atoms with Crippen molar-refractivity contribution in [3.8, 4) is 47.4 Å². The van der Waals surface area contributed by atoms with Crippen molar-refractivity contribution in [3.63, 3.8) is 0 Å². The van der Waals surface area contributed by atoms with Gasteiger partial charge in [-0.2, -0.15) is 0 Å². The normalized spacial score (nSPS) is 9.10. The summed E-state index contributed by atoms with van der Waals surface area (Å²) in [6.07, 6.45) is 19.2. The third-order valence-electron chi connectivity index (χ3n) is 4.80. The number of unbranched alkanes of at least 4 members (excludes halogenated alkanes) is 13. The van der Waals surface area contributed by atoms with Crippen molar-refractivity contribution < 1.29 is 9.53 Å². The van der Waals surface area contributed by atoms with Crippen molar-refractivity contribution in [2.75, 3.05) is 7.11 Å². The van der Waals surface area contributed by atoms with Gasteiger partial charge in [-0.3, -0.25) is 4.79 Å². The molecule has 0 aliphatic rings. The summed E-state index contributed by atoms with van der Waals surface area (Å²) >= 11 is 0. The minimum atomic E-state index is -0.0893. The first-order valence-corrected chi connectivity index (χ1v) is 12.2. The van der Waals surface area contributed by atoms with E-state index in [1.165, 1.54) is 64.9 Å². The third-order valence-corrected chi connectivity index (χ3v) is 4.80. The Morgan fingerprint density at radius 3 is 1.52 bits per heavy atom. The summed E-state index contributed by atoms with van der Waals surface area (Å²) in [4.78, 5) is 11.0. The average molecular weight is 423 g/mol. The molecular formula is C29H42O2. The van der Waals surface area contributed by atoms with Crippen LogP contribution >= 0.6 is 0 Å². The molecule has 0 fully saturated rings. The largest absolute Gasteiger partial charge is 0.469 e. The summed E-state index contributed by atoms with van der Waals surface area (Å²) in [5.41, 5.74) is 0. The molecule has 0 saturated heterocycles. The topological polar surface area (TPSA) is 26.3 Å². The van der Waals surface area contributed by atoms with Crippen LogP contribution in [-0.2, 0) is 9.53 Å². The fraction of sp³-hybridized carbons (Fsp3) is 0.690. The summed E-state index contributed by atoms with van der Waals surface area (Å²) in [5, 5.41) is 0. The first kappa shape index (κ1) is 28.7. The Bertz CT molecular complexity index is 673. The summed E-state index contributed by atoms with van der Waals surface area (Å²) in [6, 6.07) is 0. The van der Waals surface area contributed by atoms with Crippen molar-refractivity contribution in [2.24, 2.45) is 0 Å². The maximum absolute atomic E-state index is 11.0. The smallest absolute Gasteiger partial charge is 0.305 e. The average Bonchev–Trinajstić information content (AvgIpc) is 2.78.